The van der Waals surface area contributed by atoms with Gasteiger partial charge in [0, 0.05) is 40.5 Å². The molecule has 2 heterocycles. The molecule has 1 aliphatic heterocycles. The Morgan fingerprint density at radius 2 is 1.81 bits per heavy atom. The fourth-order valence-electron chi connectivity index (χ4n) is 4.29. The molecule has 6 nitrogen and oxygen atoms in total. The molecule has 3 N–H and O–H groups in total. The molecular formula is C25H22FN3O3. The molecule has 1 saturated heterocycles. The van der Waals surface area contributed by atoms with Gasteiger partial charge in [0.05, 0.1) is 24.3 Å². The molecule has 1 fully saturated rings. The summed E-state index contributed by atoms with van der Waals surface area (Å²) < 4.78 is 20.0. The van der Waals surface area contributed by atoms with Crippen molar-refractivity contribution in [2.75, 3.05) is 26.3 Å². The maximum Gasteiger partial charge on any atom is 0.254 e. The fraction of sp³-hybridized carbons (Fsp3) is 0.200. The molecule has 0 aliphatic carbocycles. The molecule has 3 aromatic carbocycles. The molecule has 1 aromatic heterocycles. The first-order chi connectivity index (χ1) is 15.4. The number of aromatic amines is 1. The molecule has 5 rings (SSSR count). The van der Waals surface area contributed by atoms with E-state index in [1.165, 1.54) is 6.07 Å². The van der Waals surface area contributed by atoms with Crippen LogP contribution in [0.5, 0.6) is 0 Å². The average molecular weight is 431 g/mol. The Morgan fingerprint density at radius 1 is 1.03 bits per heavy atom. The number of hydrogen-bond donors (Lipinski definition) is 2. The number of benzene rings is 3. The smallest absolute Gasteiger partial charge is 0.254 e. The highest BCUT2D eigenvalue weighted by molar-refractivity contribution is 6.17. The number of rotatable bonds is 3. The molecule has 7 heteroatoms. The molecule has 0 atom stereocenters. The van der Waals surface area contributed by atoms with Gasteiger partial charge in [-0.3, -0.25) is 9.59 Å². The van der Waals surface area contributed by atoms with Gasteiger partial charge in [-0.25, -0.2) is 4.39 Å². The summed E-state index contributed by atoms with van der Waals surface area (Å²) >= 11 is 0. The van der Waals surface area contributed by atoms with Crippen LogP contribution in [0.3, 0.4) is 0 Å². The topological polar surface area (TPSA) is 88.4 Å². The molecular weight excluding hydrogens is 409 g/mol. The third-order valence-corrected chi connectivity index (χ3v) is 5.95. The number of primary amides is 1. The maximum absolute atomic E-state index is 14.7. The van der Waals surface area contributed by atoms with Crippen molar-refractivity contribution in [1.82, 2.24) is 9.88 Å². The number of carbonyl (C=O) groups is 2. The van der Waals surface area contributed by atoms with Gasteiger partial charge < -0.3 is 20.4 Å². The number of nitrogens with zero attached hydrogens (tertiary/aromatic N) is 1. The summed E-state index contributed by atoms with van der Waals surface area (Å²) in [6.45, 7) is 3.96. The number of H-pyrrole nitrogens is 1. The molecule has 0 unspecified atom stereocenters. The van der Waals surface area contributed by atoms with Gasteiger partial charge in [0.1, 0.15) is 5.82 Å². The number of aromatic nitrogens is 1. The predicted octanol–water partition coefficient (Wildman–Crippen LogP) is 4.01. The number of amides is 2. The summed E-state index contributed by atoms with van der Waals surface area (Å²) in [7, 11) is 0. The van der Waals surface area contributed by atoms with E-state index >= 15 is 0 Å². The summed E-state index contributed by atoms with van der Waals surface area (Å²) in [5.74, 6) is -1.05. The second-order valence-corrected chi connectivity index (χ2v) is 8.08. The molecule has 0 bridgehead atoms. The van der Waals surface area contributed by atoms with Crippen LogP contribution < -0.4 is 5.73 Å². The highest BCUT2D eigenvalue weighted by Crippen LogP contribution is 2.34. The normalized spacial score (nSPS) is 14.2. The SMILES string of the molecule is Cc1ccc(-c2cc(C(N)=O)c3[nH]c4ccc(C(=O)N5CCOCC5)cc4c3c2)c(F)c1. The summed E-state index contributed by atoms with van der Waals surface area (Å²) in [5, 5.41) is 1.49. The van der Waals surface area contributed by atoms with E-state index in [1.54, 1.807) is 23.1 Å². The number of aryl methyl sites for hydroxylation is 1. The zero-order valence-corrected chi connectivity index (χ0v) is 17.6. The van der Waals surface area contributed by atoms with E-state index in [4.69, 9.17) is 10.5 Å². The van der Waals surface area contributed by atoms with Crippen molar-refractivity contribution >= 4 is 33.6 Å². The van der Waals surface area contributed by atoms with Gasteiger partial charge in [0.15, 0.2) is 0 Å². The van der Waals surface area contributed by atoms with Crippen molar-refractivity contribution in [1.29, 1.82) is 0 Å². The van der Waals surface area contributed by atoms with E-state index in [2.05, 4.69) is 4.98 Å². The lowest BCUT2D eigenvalue weighted by molar-refractivity contribution is 0.0303. The van der Waals surface area contributed by atoms with Crippen molar-refractivity contribution in [3.8, 4) is 11.1 Å². The van der Waals surface area contributed by atoms with E-state index in [0.29, 0.717) is 53.9 Å². The van der Waals surface area contributed by atoms with Gasteiger partial charge in [-0.05, 0) is 54.4 Å². The quantitative estimate of drug-likeness (QED) is 0.514. The molecule has 1 aliphatic rings. The molecule has 0 spiro atoms. The lowest BCUT2D eigenvalue weighted by atomic mass is 9.97. The highest BCUT2D eigenvalue weighted by Gasteiger charge is 2.21. The minimum Gasteiger partial charge on any atom is -0.378 e. The van der Waals surface area contributed by atoms with Crippen LogP contribution in [-0.2, 0) is 4.74 Å². The number of ether oxygens (including phenoxy) is 1. The van der Waals surface area contributed by atoms with Crippen LogP contribution in [0.4, 0.5) is 4.39 Å². The minimum absolute atomic E-state index is 0.0691. The monoisotopic (exact) mass is 431 g/mol. The van der Waals surface area contributed by atoms with Gasteiger partial charge in [0.2, 0.25) is 0 Å². The number of carbonyl (C=O) groups excluding carboxylic acids is 2. The third-order valence-electron chi connectivity index (χ3n) is 5.95. The number of nitrogens with one attached hydrogen (secondary N) is 1. The standard InChI is InChI=1S/C25H22FN3O3/c1-14-2-4-17(21(26)10-14)16-12-19-18-11-15(25(31)29-6-8-32-9-7-29)3-5-22(18)28-23(19)20(13-16)24(27)30/h2-5,10-13,28H,6-9H2,1H3,(H2,27,30). The average Bonchev–Trinajstić information content (AvgIpc) is 3.16. The Bertz CT molecular complexity index is 1390. The van der Waals surface area contributed by atoms with Gasteiger partial charge in [-0.2, -0.15) is 0 Å². The predicted molar refractivity (Wildman–Crippen MR) is 121 cm³/mol. The number of hydrogen-bond acceptors (Lipinski definition) is 3. The van der Waals surface area contributed by atoms with Gasteiger partial charge >= 0.3 is 0 Å². The Hall–Kier alpha value is -3.71. The molecule has 4 aromatic rings. The van der Waals surface area contributed by atoms with E-state index in [-0.39, 0.29) is 17.3 Å². The van der Waals surface area contributed by atoms with Crippen LogP contribution in [-0.4, -0.2) is 48.0 Å². The summed E-state index contributed by atoms with van der Waals surface area (Å²) in [5.41, 5.74) is 9.56. The van der Waals surface area contributed by atoms with Crippen LogP contribution in [0, 0.1) is 12.7 Å². The summed E-state index contributed by atoms with van der Waals surface area (Å²) in [6, 6.07) is 13.8. The van der Waals surface area contributed by atoms with Crippen LogP contribution in [0.25, 0.3) is 32.9 Å². The van der Waals surface area contributed by atoms with Crippen molar-refractivity contribution in [3.63, 3.8) is 0 Å². The zero-order valence-electron chi connectivity index (χ0n) is 17.6. The van der Waals surface area contributed by atoms with Gasteiger partial charge in [-0.1, -0.05) is 12.1 Å². The number of morpholine rings is 1. The zero-order chi connectivity index (χ0) is 22.4. The van der Waals surface area contributed by atoms with E-state index in [0.717, 1.165) is 16.5 Å². The molecule has 0 radical (unpaired) electrons. The summed E-state index contributed by atoms with van der Waals surface area (Å²) in [6.07, 6.45) is 0. The molecule has 32 heavy (non-hydrogen) atoms. The van der Waals surface area contributed by atoms with Crippen molar-refractivity contribution in [2.24, 2.45) is 5.73 Å². The first-order valence-electron chi connectivity index (χ1n) is 10.5. The molecule has 162 valence electrons. The van der Waals surface area contributed by atoms with E-state index in [1.807, 2.05) is 31.2 Å². The van der Waals surface area contributed by atoms with Crippen molar-refractivity contribution in [2.45, 2.75) is 6.92 Å². The van der Waals surface area contributed by atoms with E-state index in [9.17, 15) is 14.0 Å². The minimum atomic E-state index is -0.611. The fourth-order valence-corrected chi connectivity index (χ4v) is 4.29. The molecule has 2 amide bonds. The Labute approximate surface area is 183 Å². The van der Waals surface area contributed by atoms with Gasteiger partial charge in [-0.15, -0.1) is 0 Å². The Kier molecular flexibility index (Phi) is 4.90. The lowest BCUT2D eigenvalue weighted by Gasteiger charge is -2.26. The van der Waals surface area contributed by atoms with Crippen LogP contribution in [0.15, 0.2) is 48.5 Å². The van der Waals surface area contributed by atoms with Crippen LogP contribution in [0.1, 0.15) is 26.3 Å². The maximum atomic E-state index is 14.7. The Morgan fingerprint density at radius 3 is 2.53 bits per heavy atom. The Balaban J connectivity index is 1.70. The lowest BCUT2D eigenvalue weighted by Crippen LogP contribution is -2.40. The second kappa shape index (κ2) is 7.76. The first kappa shape index (κ1) is 20.2. The number of fused-ring (bicyclic) bond motifs is 3. The first-order valence-corrected chi connectivity index (χ1v) is 10.5. The highest BCUT2D eigenvalue weighted by atomic mass is 19.1. The second-order valence-electron chi connectivity index (χ2n) is 8.08. The van der Waals surface area contributed by atoms with Crippen LogP contribution >= 0.6 is 0 Å². The third kappa shape index (κ3) is 3.40. The van der Waals surface area contributed by atoms with Crippen LogP contribution in [0.2, 0.25) is 0 Å². The summed E-state index contributed by atoms with van der Waals surface area (Å²) in [4.78, 5) is 30.2. The van der Waals surface area contributed by atoms with E-state index < -0.39 is 5.91 Å². The molecule has 0 saturated carbocycles. The van der Waals surface area contributed by atoms with Crippen molar-refractivity contribution in [3.05, 3.63) is 71.0 Å². The number of halogens is 1. The largest absolute Gasteiger partial charge is 0.378 e. The van der Waals surface area contributed by atoms with Crippen molar-refractivity contribution < 1.29 is 18.7 Å². The number of nitrogens with two attached hydrogens (primary N) is 1. The van der Waals surface area contributed by atoms with Gasteiger partial charge in [0.25, 0.3) is 11.8 Å².